The first-order valence-corrected chi connectivity index (χ1v) is 19.9. The van der Waals surface area contributed by atoms with Gasteiger partial charge in [0.05, 0.1) is 25.0 Å². The fraction of sp³-hybridized carbons (Fsp3) is 0.415. The number of hydrogen-bond donors (Lipinski definition) is 6. The molecule has 14 nitrogen and oxygen atoms in total. The van der Waals surface area contributed by atoms with Gasteiger partial charge in [0.25, 0.3) is 0 Å². The van der Waals surface area contributed by atoms with Crippen LogP contribution in [0.3, 0.4) is 0 Å². The highest BCUT2D eigenvalue weighted by atomic mass is 32.1. The third-order valence-electron chi connectivity index (χ3n) is 9.85. The van der Waals surface area contributed by atoms with Crippen molar-refractivity contribution in [2.24, 2.45) is 11.1 Å². The van der Waals surface area contributed by atoms with E-state index in [4.69, 9.17) is 10.5 Å². The van der Waals surface area contributed by atoms with Gasteiger partial charge in [-0.3, -0.25) is 28.8 Å². The van der Waals surface area contributed by atoms with Gasteiger partial charge in [-0.25, -0.2) is 0 Å². The molecule has 0 radical (unpaired) electrons. The minimum atomic E-state index is -1.05. The summed E-state index contributed by atoms with van der Waals surface area (Å²) in [7, 11) is 0. The molecular formula is C41H51N7O7S. The van der Waals surface area contributed by atoms with E-state index in [-0.39, 0.29) is 58.0 Å². The summed E-state index contributed by atoms with van der Waals surface area (Å²) in [6, 6.07) is 18.6. The second-order valence-corrected chi connectivity index (χ2v) is 15.0. The molecule has 2 aliphatic rings. The number of benzene rings is 2. The quantitative estimate of drug-likeness (QED) is 0.164. The van der Waals surface area contributed by atoms with Gasteiger partial charge < -0.3 is 42.0 Å². The highest BCUT2D eigenvalue weighted by molar-refractivity contribution is 7.09. The summed E-state index contributed by atoms with van der Waals surface area (Å²) in [5.74, 6) is -2.60. The molecule has 3 heterocycles. The van der Waals surface area contributed by atoms with Gasteiger partial charge in [-0.05, 0) is 53.8 Å². The molecule has 6 amide bonds. The Hall–Kier alpha value is -5.38. The van der Waals surface area contributed by atoms with Crippen LogP contribution < -0.4 is 32.3 Å². The molecule has 3 atom stereocenters. The number of thiophene rings is 1. The van der Waals surface area contributed by atoms with E-state index in [1.165, 1.54) is 17.4 Å². The molecule has 5 rings (SSSR count). The lowest BCUT2D eigenvalue weighted by Crippen LogP contribution is -2.58. The Balaban J connectivity index is 1.43. The van der Waals surface area contributed by atoms with Crippen molar-refractivity contribution in [3.05, 3.63) is 106 Å². The van der Waals surface area contributed by atoms with E-state index in [0.717, 1.165) is 16.5 Å². The average molecular weight is 786 g/mol. The first kappa shape index (κ1) is 41.8. The van der Waals surface area contributed by atoms with Gasteiger partial charge in [-0.1, -0.05) is 60.7 Å². The largest absolute Gasteiger partial charge is 0.378 e. The normalized spacial score (nSPS) is 22.2. The van der Waals surface area contributed by atoms with Gasteiger partial charge in [0, 0.05) is 62.7 Å². The second-order valence-electron chi connectivity index (χ2n) is 14.0. The van der Waals surface area contributed by atoms with Crippen molar-refractivity contribution < 1.29 is 33.5 Å². The van der Waals surface area contributed by atoms with Crippen molar-refractivity contribution in [2.45, 2.75) is 57.2 Å². The number of hydrogen-bond acceptors (Lipinski definition) is 9. The fourth-order valence-corrected chi connectivity index (χ4v) is 7.72. The van der Waals surface area contributed by atoms with Crippen LogP contribution in [0.4, 0.5) is 0 Å². The number of nitrogens with one attached hydrogen (secondary N) is 5. The highest BCUT2D eigenvalue weighted by Crippen LogP contribution is 2.35. The molecule has 2 aromatic carbocycles. The maximum atomic E-state index is 14.6. The minimum absolute atomic E-state index is 0.0265. The standard InChI is InChI=1S/C41H51N7O7S/c42-17-21-55-22-19-44-38(52)33-15-18-43-35(49)13-14-37(51)48-20-7-16-41(28-48,26-29-8-2-1-3-9-29)40(54)47-34(25-32-12-6-23-56-32)39(53)45-27-31-11-5-4-10-30(31)24-36(50)46-33/h1-6,8-14,23,33-34H,7,15-22,24-28,42H2,(H,43,49)(H,44,52)(H,45,53)(H,46,50)(H,47,54)/b14-13+/t33-,34-,41-/m0/s1. The fourth-order valence-electron chi connectivity index (χ4n) is 6.97. The van der Waals surface area contributed by atoms with Gasteiger partial charge in [-0.2, -0.15) is 0 Å². The molecule has 0 saturated carbocycles. The summed E-state index contributed by atoms with van der Waals surface area (Å²) < 4.78 is 5.34. The van der Waals surface area contributed by atoms with E-state index in [2.05, 4.69) is 26.6 Å². The predicted molar refractivity (Wildman–Crippen MR) is 212 cm³/mol. The monoisotopic (exact) mass is 785 g/mol. The topological polar surface area (TPSA) is 201 Å². The Bertz CT molecular complexity index is 1840. The number of rotatable bonds is 10. The third-order valence-corrected chi connectivity index (χ3v) is 10.8. The van der Waals surface area contributed by atoms with Crippen LogP contribution in [0, 0.1) is 5.41 Å². The minimum Gasteiger partial charge on any atom is -0.378 e. The molecule has 1 aromatic heterocycles. The summed E-state index contributed by atoms with van der Waals surface area (Å²) in [5, 5.41) is 16.2. The zero-order valence-corrected chi connectivity index (χ0v) is 32.2. The molecule has 1 fully saturated rings. The van der Waals surface area contributed by atoms with E-state index in [1.54, 1.807) is 23.1 Å². The Morgan fingerprint density at radius 3 is 2.48 bits per heavy atom. The van der Waals surface area contributed by atoms with Crippen LogP contribution in [0.2, 0.25) is 0 Å². The first-order valence-electron chi connectivity index (χ1n) is 19.0. The summed E-state index contributed by atoms with van der Waals surface area (Å²) in [4.78, 5) is 84.1. The van der Waals surface area contributed by atoms with Crippen LogP contribution in [-0.4, -0.2) is 98.4 Å². The number of nitrogens with two attached hydrogens (primary N) is 1. The lowest BCUT2D eigenvalue weighted by molar-refractivity contribution is -0.141. The molecule has 0 unspecified atom stereocenters. The molecule has 0 spiro atoms. The smallest absolute Gasteiger partial charge is 0.246 e. The zero-order valence-electron chi connectivity index (χ0n) is 31.4. The number of fused-ring (bicyclic) bond motifs is 3. The molecule has 0 aliphatic carbocycles. The maximum Gasteiger partial charge on any atom is 0.246 e. The van der Waals surface area contributed by atoms with Crippen LogP contribution in [0.15, 0.2) is 84.3 Å². The molecule has 3 aromatic rings. The van der Waals surface area contributed by atoms with Crippen LogP contribution in [0.25, 0.3) is 0 Å². The number of ether oxygens (including phenoxy) is 1. The number of carbonyl (C=O) groups excluding carboxylic acids is 6. The zero-order chi connectivity index (χ0) is 39.8. The molecule has 1 saturated heterocycles. The average Bonchev–Trinajstić information content (AvgIpc) is 3.72. The summed E-state index contributed by atoms with van der Waals surface area (Å²) >= 11 is 1.48. The van der Waals surface area contributed by atoms with Crippen molar-refractivity contribution in [2.75, 3.05) is 45.9 Å². The van der Waals surface area contributed by atoms with E-state index in [1.807, 2.05) is 53.9 Å². The van der Waals surface area contributed by atoms with Crippen molar-refractivity contribution in [3.63, 3.8) is 0 Å². The van der Waals surface area contributed by atoms with Crippen LogP contribution in [0.5, 0.6) is 0 Å². The Morgan fingerprint density at radius 2 is 1.71 bits per heavy atom. The summed E-state index contributed by atoms with van der Waals surface area (Å²) in [6.45, 7) is 1.71. The highest BCUT2D eigenvalue weighted by Gasteiger charge is 2.44. The molecule has 2 bridgehead atoms. The Kier molecular flexibility index (Phi) is 15.7. The van der Waals surface area contributed by atoms with Gasteiger partial charge in [0.1, 0.15) is 12.1 Å². The van der Waals surface area contributed by atoms with E-state index in [9.17, 15) is 28.8 Å². The SMILES string of the molecule is NCCOCCNC(=O)[C@@H]1CCNC(=O)/C=C/C(=O)N2CCC[C@](Cc3ccccc3)(C2)C(=O)N[C@@H](Cc2cccs2)C(=O)NCc2ccccc2CC(=O)N1. The summed E-state index contributed by atoms with van der Waals surface area (Å²) in [5.41, 5.74) is 6.67. The molecular weight excluding hydrogens is 735 g/mol. The van der Waals surface area contributed by atoms with Gasteiger partial charge in [-0.15, -0.1) is 11.3 Å². The van der Waals surface area contributed by atoms with Crippen molar-refractivity contribution in [3.8, 4) is 0 Å². The molecule has 15 heteroatoms. The Labute approximate surface area is 331 Å². The van der Waals surface area contributed by atoms with Crippen LogP contribution in [-0.2, 0) is 59.3 Å². The number of carbonyl (C=O) groups is 6. The molecule has 2 aliphatic heterocycles. The van der Waals surface area contributed by atoms with Gasteiger partial charge in [0.2, 0.25) is 35.4 Å². The van der Waals surface area contributed by atoms with Crippen molar-refractivity contribution >= 4 is 46.8 Å². The summed E-state index contributed by atoms with van der Waals surface area (Å²) in [6.07, 6.45) is 3.91. The number of piperidine rings is 1. The molecule has 7 N–H and O–H groups in total. The van der Waals surface area contributed by atoms with E-state index < -0.39 is 47.0 Å². The Morgan fingerprint density at radius 1 is 0.929 bits per heavy atom. The van der Waals surface area contributed by atoms with Gasteiger partial charge in [0.15, 0.2) is 0 Å². The molecule has 56 heavy (non-hydrogen) atoms. The predicted octanol–water partition coefficient (Wildman–Crippen LogP) is 1.14. The lowest BCUT2D eigenvalue weighted by atomic mass is 9.74. The van der Waals surface area contributed by atoms with Crippen LogP contribution >= 0.6 is 11.3 Å². The van der Waals surface area contributed by atoms with E-state index in [0.29, 0.717) is 50.1 Å². The number of nitrogens with zero attached hydrogens (tertiary/aromatic N) is 1. The first-order chi connectivity index (χ1) is 27.2. The third kappa shape index (κ3) is 12.3. The maximum absolute atomic E-state index is 14.6. The second kappa shape index (κ2) is 21.1. The number of amides is 6. The van der Waals surface area contributed by atoms with Gasteiger partial charge >= 0.3 is 0 Å². The van der Waals surface area contributed by atoms with E-state index >= 15 is 0 Å². The van der Waals surface area contributed by atoms with Crippen LogP contribution in [0.1, 0.15) is 40.8 Å². The lowest BCUT2D eigenvalue weighted by Gasteiger charge is -2.42. The molecule has 298 valence electrons. The van der Waals surface area contributed by atoms with Crippen molar-refractivity contribution in [1.29, 1.82) is 0 Å². The van der Waals surface area contributed by atoms with Crippen molar-refractivity contribution in [1.82, 2.24) is 31.5 Å².